The van der Waals surface area contributed by atoms with Gasteiger partial charge >= 0.3 is 0 Å². The lowest BCUT2D eigenvalue weighted by Gasteiger charge is -2.16. The summed E-state index contributed by atoms with van der Waals surface area (Å²) in [6.07, 6.45) is 0.619. The number of thiol groups is 1. The van der Waals surface area contributed by atoms with Crippen LogP contribution in [0, 0.1) is 12.8 Å². The first-order chi connectivity index (χ1) is 8.67. The van der Waals surface area contributed by atoms with Crippen LogP contribution >= 0.6 is 12.6 Å². The monoisotopic (exact) mass is 260 g/mol. The Morgan fingerprint density at radius 3 is 3.00 bits per heavy atom. The fraction of sp³-hybridized carbons (Fsp3) is 0.357. The summed E-state index contributed by atoms with van der Waals surface area (Å²) in [5, 5.41) is 1.16. The number of fused-ring (bicyclic) bond motifs is 1. The lowest BCUT2D eigenvalue weighted by molar-refractivity contribution is -0.117. The maximum absolute atomic E-state index is 12.0. The van der Waals surface area contributed by atoms with Crippen molar-refractivity contribution in [1.82, 2.24) is 4.98 Å². The van der Waals surface area contributed by atoms with Gasteiger partial charge in [-0.05, 0) is 42.9 Å². The average molecular weight is 260 g/mol. The van der Waals surface area contributed by atoms with Crippen molar-refractivity contribution in [1.29, 1.82) is 0 Å². The third-order valence-electron chi connectivity index (χ3n) is 3.51. The number of carbonyl (C=O) groups is 1. The Bertz CT molecular complexity index is 605. The number of hydrogen-bond donors (Lipinski definition) is 2. The van der Waals surface area contributed by atoms with Crippen LogP contribution in [-0.4, -0.2) is 23.2 Å². The summed E-state index contributed by atoms with van der Waals surface area (Å²) >= 11 is 4.29. The van der Waals surface area contributed by atoms with E-state index in [-0.39, 0.29) is 5.91 Å². The molecule has 1 aliphatic heterocycles. The maximum Gasteiger partial charge on any atom is 0.227 e. The number of nitrogens with zero attached hydrogens (tertiary/aromatic N) is 1. The molecule has 1 N–H and O–H groups in total. The third kappa shape index (κ3) is 1.90. The number of H-pyrrole nitrogens is 1. The highest BCUT2D eigenvalue weighted by Gasteiger charge is 2.29. The molecule has 3 nitrogen and oxygen atoms in total. The van der Waals surface area contributed by atoms with Gasteiger partial charge in [0.15, 0.2) is 0 Å². The van der Waals surface area contributed by atoms with Crippen LogP contribution in [0.3, 0.4) is 0 Å². The minimum absolute atomic E-state index is 0.209. The molecule has 1 atom stereocenters. The molecule has 1 fully saturated rings. The number of benzene rings is 1. The van der Waals surface area contributed by atoms with E-state index in [9.17, 15) is 4.79 Å². The predicted octanol–water partition coefficient (Wildman–Crippen LogP) is 2.76. The molecule has 1 amide bonds. The van der Waals surface area contributed by atoms with E-state index in [1.807, 2.05) is 24.0 Å². The van der Waals surface area contributed by atoms with E-state index >= 15 is 0 Å². The van der Waals surface area contributed by atoms with Gasteiger partial charge in [0, 0.05) is 35.2 Å². The smallest absolute Gasteiger partial charge is 0.227 e. The van der Waals surface area contributed by atoms with E-state index in [1.54, 1.807) is 0 Å². The number of amides is 1. The zero-order valence-electron chi connectivity index (χ0n) is 10.3. The Labute approximate surface area is 112 Å². The zero-order chi connectivity index (χ0) is 12.7. The van der Waals surface area contributed by atoms with Gasteiger partial charge < -0.3 is 9.88 Å². The van der Waals surface area contributed by atoms with Crippen LogP contribution in [0.5, 0.6) is 0 Å². The molecular weight excluding hydrogens is 244 g/mol. The van der Waals surface area contributed by atoms with Gasteiger partial charge in [0.1, 0.15) is 0 Å². The normalized spacial score (nSPS) is 20.0. The molecule has 0 bridgehead atoms. The summed E-state index contributed by atoms with van der Waals surface area (Å²) in [5.74, 6) is 1.36. The van der Waals surface area contributed by atoms with Crippen LogP contribution in [-0.2, 0) is 4.79 Å². The first-order valence-electron chi connectivity index (χ1n) is 6.18. The molecule has 0 spiro atoms. The Hall–Kier alpha value is -1.42. The molecule has 0 radical (unpaired) electrons. The van der Waals surface area contributed by atoms with Crippen molar-refractivity contribution in [2.75, 3.05) is 17.2 Å². The first kappa shape index (κ1) is 11.7. The van der Waals surface area contributed by atoms with Crippen LogP contribution < -0.4 is 4.90 Å². The maximum atomic E-state index is 12.0. The van der Waals surface area contributed by atoms with Gasteiger partial charge in [0.05, 0.1) is 0 Å². The number of carbonyl (C=O) groups excluding carboxylic acids is 1. The lowest BCUT2D eigenvalue weighted by Crippen LogP contribution is -2.24. The number of anilines is 1. The predicted molar refractivity (Wildman–Crippen MR) is 77.3 cm³/mol. The van der Waals surface area contributed by atoms with E-state index < -0.39 is 0 Å². The summed E-state index contributed by atoms with van der Waals surface area (Å²) < 4.78 is 0. The molecule has 94 valence electrons. The van der Waals surface area contributed by atoms with E-state index in [0.717, 1.165) is 34.6 Å². The lowest BCUT2D eigenvalue weighted by atomic mass is 10.1. The molecule has 1 unspecified atom stereocenters. The molecule has 0 saturated carbocycles. The Morgan fingerprint density at radius 2 is 2.28 bits per heavy atom. The van der Waals surface area contributed by atoms with Gasteiger partial charge in [-0.2, -0.15) is 12.6 Å². The largest absolute Gasteiger partial charge is 0.359 e. The second-order valence-corrected chi connectivity index (χ2v) is 5.35. The molecule has 2 aromatic rings. The van der Waals surface area contributed by atoms with Gasteiger partial charge in [-0.15, -0.1) is 0 Å². The third-order valence-corrected chi connectivity index (χ3v) is 4.03. The van der Waals surface area contributed by atoms with Crippen molar-refractivity contribution in [3.05, 3.63) is 30.0 Å². The molecule has 18 heavy (non-hydrogen) atoms. The van der Waals surface area contributed by atoms with Gasteiger partial charge in [-0.3, -0.25) is 4.79 Å². The number of nitrogens with one attached hydrogen (secondary N) is 1. The van der Waals surface area contributed by atoms with E-state index in [0.29, 0.717) is 12.3 Å². The van der Waals surface area contributed by atoms with E-state index in [2.05, 4.69) is 29.7 Å². The zero-order valence-corrected chi connectivity index (χ0v) is 11.2. The fourth-order valence-corrected chi connectivity index (χ4v) is 2.83. The van der Waals surface area contributed by atoms with E-state index in [1.165, 1.54) is 0 Å². The first-order valence-corrected chi connectivity index (χ1v) is 6.81. The van der Waals surface area contributed by atoms with Crippen LogP contribution in [0.25, 0.3) is 10.9 Å². The van der Waals surface area contributed by atoms with Crippen molar-refractivity contribution < 1.29 is 4.79 Å². The Balaban J connectivity index is 1.96. The fourth-order valence-electron chi connectivity index (χ4n) is 2.59. The van der Waals surface area contributed by atoms with Crippen molar-refractivity contribution >= 4 is 35.1 Å². The summed E-state index contributed by atoms with van der Waals surface area (Å²) in [4.78, 5) is 17.1. The van der Waals surface area contributed by atoms with Crippen LogP contribution in [0.1, 0.15) is 12.1 Å². The Kier molecular flexibility index (Phi) is 2.82. The molecule has 2 heterocycles. The molecule has 1 saturated heterocycles. The van der Waals surface area contributed by atoms with Crippen molar-refractivity contribution in [2.24, 2.45) is 5.92 Å². The van der Waals surface area contributed by atoms with Crippen molar-refractivity contribution in [3.63, 3.8) is 0 Å². The molecule has 1 aromatic carbocycles. The quantitative estimate of drug-likeness (QED) is 0.800. The Morgan fingerprint density at radius 1 is 1.44 bits per heavy atom. The summed E-state index contributed by atoms with van der Waals surface area (Å²) in [7, 11) is 0. The summed E-state index contributed by atoms with van der Waals surface area (Å²) in [6, 6.07) is 8.24. The molecule has 0 aliphatic carbocycles. The molecule has 3 rings (SSSR count). The number of aryl methyl sites for hydroxylation is 1. The highest BCUT2D eigenvalue weighted by atomic mass is 32.1. The van der Waals surface area contributed by atoms with Gasteiger partial charge in [0.25, 0.3) is 0 Å². The summed E-state index contributed by atoms with van der Waals surface area (Å²) in [6.45, 7) is 2.83. The molecule has 1 aromatic heterocycles. The number of rotatable bonds is 2. The highest BCUT2D eigenvalue weighted by Crippen LogP contribution is 2.28. The van der Waals surface area contributed by atoms with Crippen LogP contribution in [0.4, 0.5) is 5.69 Å². The van der Waals surface area contributed by atoms with Crippen molar-refractivity contribution in [2.45, 2.75) is 13.3 Å². The van der Waals surface area contributed by atoms with Crippen LogP contribution in [0.2, 0.25) is 0 Å². The second-order valence-electron chi connectivity index (χ2n) is 4.98. The van der Waals surface area contributed by atoms with Gasteiger partial charge in [-0.25, -0.2) is 0 Å². The topological polar surface area (TPSA) is 36.1 Å². The molecule has 1 aliphatic rings. The van der Waals surface area contributed by atoms with E-state index in [4.69, 9.17) is 0 Å². The van der Waals surface area contributed by atoms with Crippen LogP contribution in [0.15, 0.2) is 24.3 Å². The average Bonchev–Trinajstić information content (AvgIpc) is 2.89. The number of aromatic amines is 1. The number of aromatic nitrogens is 1. The highest BCUT2D eigenvalue weighted by molar-refractivity contribution is 7.80. The van der Waals surface area contributed by atoms with Gasteiger partial charge in [0.2, 0.25) is 5.91 Å². The van der Waals surface area contributed by atoms with Gasteiger partial charge in [-0.1, -0.05) is 0 Å². The number of hydrogen-bond acceptors (Lipinski definition) is 2. The summed E-state index contributed by atoms with van der Waals surface area (Å²) in [5.41, 5.74) is 3.26. The minimum atomic E-state index is 0.209. The standard InChI is InChI=1S/C14H16N2OS/c1-9-4-11-6-12(2-3-13(11)15-9)16-7-10(8-18)5-14(16)17/h2-4,6,10,15,18H,5,7-8H2,1H3. The molecular formula is C14H16N2OS. The minimum Gasteiger partial charge on any atom is -0.359 e. The van der Waals surface area contributed by atoms with Crippen molar-refractivity contribution in [3.8, 4) is 0 Å². The molecule has 4 heteroatoms. The second kappa shape index (κ2) is 4.35. The SMILES string of the molecule is Cc1cc2cc(N3CC(CS)CC3=O)ccc2[nH]1.